The van der Waals surface area contributed by atoms with Crippen LogP contribution in [0.25, 0.3) is 5.69 Å². The van der Waals surface area contributed by atoms with Crippen molar-refractivity contribution >= 4 is 17.5 Å². The zero-order valence-corrected chi connectivity index (χ0v) is 12.5. The van der Waals surface area contributed by atoms with Gasteiger partial charge in [-0.1, -0.05) is 17.7 Å². The van der Waals surface area contributed by atoms with Gasteiger partial charge in [-0.15, -0.1) is 0 Å². The van der Waals surface area contributed by atoms with Crippen molar-refractivity contribution in [3.05, 3.63) is 46.7 Å². The van der Waals surface area contributed by atoms with Crippen LogP contribution in [0.4, 0.5) is 13.2 Å². The molecule has 0 aliphatic carbocycles. The molecular weight excluding hydrogens is 319 g/mol. The fourth-order valence-corrected chi connectivity index (χ4v) is 2.12. The lowest BCUT2D eigenvalue weighted by atomic mass is 10.2. The number of benzene rings is 1. The summed E-state index contributed by atoms with van der Waals surface area (Å²) in [6.07, 6.45) is -3.83. The Bertz CT molecular complexity index is 695. The first-order chi connectivity index (χ1) is 10.2. The number of aromatic nitrogens is 2. The summed E-state index contributed by atoms with van der Waals surface area (Å²) < 4.78 is 40.7. The fraction of sp³-hybridized carbons (Fsp3) is 0.286. The molecule has 2 aromatic rings. The van der Waals surface area contributed by atoms with Crippen molar-refractivity contribution in [3.8, 4) is 5.69 Å². The van der Waals surface area contributed by atoms with Gasteiger partial charge >= 0.3 is 6.18 Å². The van der Waals surface area contributed by atoms with Gasteiger partial charge < -0.3 is 5.32 Å². The van der Waals surface area contributed by atoms with Crippen LogP contribution in [0.1, 0.15) is 29.9 Å². The zero-order valence-electron chi connectivity index (χ0n) is 11.8. The molecule has 1 aromatic carbocycles. The molecule has 8 heteroatoms. The van der Waals surface area contributed by atoms with Crippen LogP contribution in [0, 0.1) is 0 Å². The molecule has 0 bridgehead atoms. The maximum Gasteiger partial charge on any atom is 0.434 e. The molecule has 0 fully saturated rings. The average molecular weight is 332 g/mol. The average Bonchev–Trinajstić information content (AvgIpc) is 2.82. The van der Waals surface area contributed by atoms with Gasteiger partial charge in [0.1, 0.15) is 0 Å². The maximum absolute atomic E-state index is 13.4. The van der Waals surface area contributed by atoms with Gasteiger partial charge in [0.2, 0.25) is 0 Å². The number of carbonyl (C=O) groups is 1. The van der Waals surface area contributed by atoms with Crippen molar-refractivity contribution in [2.75, 3.05) is 0 Å². The molecule has 1 heterocycles. The molecule has 0 saturated heterocycles. The summed E-state index contributed by atoms with van der Waals surface area (Å²) in [5, 5.41) is 6.40. The van der Waals surface area contributed by atoms with Crippen LogP contribution >= 0.6 is 11.6 Å². The number of rotatable bonds is 3. The number of carbonyl (C=O) groups excluding carboxylic acids is 1. The zero-order chi connectivity index (χ0) is 16.5. The van der Waals surface area contributed by atoms with E-state index in [1.807, 2.05) is 0 Å². The molecule has 1 amide bonds. The lowest BCUT2D eigenvalue weighted by Gasteiger charge is -2.14. The van der Waals surface area contributed by atoms with Gasteiger partial charge in [0, 0.05) is 11.1 Å². The van der Waals surface area contributed by atoms with Gasteiger partial charge in [-0.2, -0.15) is 18.3 Å². The predicted octanol–water partition coefficient (Wildman–Crippen LogP) is 3.68. The third-order valence-electron chi connectivity index (χ3n) is 2.75. The van der Waals surface area contributed by atoms with Crippen molar-refractivity contribution in [1.82, 2.24) is 15.1 Å². The van der Waals surface area contributed by atoms with Gasteiger partial charge in [0.25, 0.3) is 5.91 Å². The molecule has 0 saturated carbocycles. The van der Waals surface area contributed by atoms with Gasteiger partial charge in [-0.3, -0.25) is 4.79 Å². The second-order valence-corrected chi connectivity index (χ2v) is 5.36. The Balaban J connectivity index is 2.57. The van der Waals surface area contributed by atoms with Crippen molar-refractivity contribution in [2.24, 2.45) is 0 Å². The van der Waals surface area contributed by atoms with E-state index in [0.29, 0.717) is 4.68 Å². The van der Waals surface area contributed by atoms with Gasteiger partial charge in [0.05, 0.1) is 17.4 Å². The molecular formula is C14H13ClF3N3O. The summed E-state index contributed by atoms with van der Waals surface area (Å²) >= 11 is 5.80. The summed E-state index contributed by atoms with van der Waals surface area (Å²) in [5.74, 6) is -0.824. The lowest BCUT2D eigenvalue weighted by Crippen LogP contribution is -2.31. The number of halogens is 4. The van der Waals surface area contributed by atoms with Crippen LogP contribution in [0.2, 0.25) is 5.02 Å². The highest BCUT2D eigenvalue weighted by atomic mass is 35.5. The van der Waals surface area contributed by atoms with Gasteiger partial charge in [-0.05, 0) is 32.0 Å². The van der Waals surface area contributed by atoms with Crippen LogP contribution in [0.3, 0.4) is 0 Å². The first-order valence-electron chi connectivity index (χ1n) is 6.42. The van der Waals surface area contributed by atoms with Gasteiger partial charge in [-0.25, -0.2) is 4.68 Å². The highest BCUT2D eigenvalue weighted by molar-refractivity contribution is 6.30. The molecule has 1 aromatic heterocycles. The molecule has 118 valence electrons. The third kappa shape index (κ3) is 3.41. The topological polar surface area (TPSA) is 46.9 Å². The highest BCUT2D eigenvalue weighted by Crippen LogP contribution is 2.34. The van der Waals surface area contributed by atoms with Crippen molar-refractivity contribution in [3.63, 3.8) is 0 Å². The number of hydrogen-bond donors (Lipinski definition) is 1. The van der Waals surface area contributed by atoms with Crippen molar-refractivity contribution in [2.45, 2.75) is 26.1 Å². The minimum atomic E-state index is -4.73. The summed E-state index contributed by atoms with van der Waals surface area (Å²) in [6, 6.07) is 5.52. The Morgan fingerprint density at radius 3 is 2.59 bits per heavy atom. The molecule has 0 spiro atoms. The van der Waals surface area contributed by atoms with E-state index in [1.54, 1.807) is 13.8 Å². The lowest BCUT2D eigenvalue weighted by molar-refractivity contribution is -0.143. The first kappa shape index (κ1) is 16.4. The Morgan fingerprint density at radius 2 is 2.05 bits per heavy atom. The number of amides is 1. The summed E-state index contributed by atoms with van der Waals surface area (Å²) in [4.78, 5) is 11.9. The number of alkyl halides is 3. The van der Waals surface area contributed by atoms with Crippen LogP contribution < -0.4 is 5.32 Å². The molecule has 22 heavy (non-hydrogen) atoms. The second kappa shape index (κ2) is 6.00. The van der Waals surface area contributed by atoms with E-state index in [4.69, 9.17) is 11.6 Å². The van der Waals surface area contributed by atoms with E-state index in [1.165, 1.54) is 24.3 Å². The largest absolute Gasteiger partial charge is 0.434 e. The Labute approximate surface area is 129 Å². The fourth-order valence-electron chi connectivity index (χ4n) is 1.93. The molecule has 0 aliphatic rings. The van der Waals surface area contributed by atoms with E-state index < -0.39 is 23.3 Å². The van der Waals surface area contributed by atoms with Crippen molar-refractivity contribution < 1.29 is 18.0 Å². The molecule has 0 aliphatic heterocycles. The molecule has 0 radical (unpaired) electrons. The third-order valence-corrected chi connectivity index (χ3v) is 2.99. The normalized spacial score (nSPS) is 11.8. The van der Waals surface area contributed by atoms with E-state index in [2.05, 4.69) is 10.4 Å². The summed E-state index contributed by atoms with van der Waals surface area (Å²) in [7, 11) is 0. The first-order valence-corrected chi connectivity index (χ1v) is 6.80. The molecule has 2 rings (SSSR count). The predicted molar refractivity (Wildman–Crippen MR) is 76.2 cm³/mol. The number of hydrogen-bond acceptors (Lipinski definition) is 2. The monoisotopic (exact) mass is 331 g/mol. The van der Waals surface area contributed by atoms with E-state index in [0.717, 1.165) is 6.20 Å². The molecule has 0 atom stereocenters. The Morgan fingerprint density at radius 1 is 1.36 bits per heavy atom. The van der Waals surface area contributed by atoms with E-state index in [-0.39, 0.29) is 16.8 Å². The molecule has 0 unspecified atom stereocenters. The molecule has 1 N–H and O–H groups in total. The minimum Gasteiger partial charge on any atom is -0.350 e. The standard InChI is InChI=1S/C14H13ClF3N3O/c1-8(2)20-13(22)11-7-19-21(12(11)14(16,17)18)10-5-3-4-9(15)6-10/h3-8H,1-2H3,(H,20,22). The number of nitrogens with one attached hydrogen (secondary N) is 1. The second-order valence-electron chi connectivity index (χ2n) is 4.92. The Kier molecular flexibility index (Phi) is 4.46. The maximum atomic E-state index is 13.4. The van der Waals surface area contributed by atoms with Crippen LogP contribution in [-0.2, 0) is 6.18 Å². The van der Waals surface area contributed by atoms with Crippen LogP contribution in [0.5, 0.6) is 0 Å². The molecule has 4 nitrogen and oxygen atoms in total. The van der Waals surface area contributed by atoms with Crippen LogP contribution in [-0.4, -0.2) is 21.7 Å². The Hall–Kier alpha value is -2.02. The summed E-state index contributed by atoms with van der Waals surface area (Å²) in [6.45, 7) is 3.32. The summed E-state index contributed by atoms with van der Waals surface area (Å²) in [5.41, 5.74) is -1.53. The number of nitrogens with zero attached hydrogens (tertiary/aromatic N) is 2. The quantitative estimate of drug-likeness (QED) is 0.932. The van der Waals surface area contributed by atoms with E-state index in [9.17, 15) is 18.0 Å². The highest BCUT2D eigenvalue weighted by Gasteiger charge is 2.40. The van der Waals surface area contributed by atoms with Gasteiger partial charge in [0.15, 0.2) is 5.69 Å². The smallest absolute Gasteiger partial charge is 0.350 e. The van der Waals surface area contributed by atoms with Crippen molar-refractivity contribution in [1.29, 1.82) is 0 Å². The SMILES string of the molecule is CC(C)NC(=O)c1cnn(-c2cccc(Cl)c2)c1C(F)(F)F. The minimum absolute atomic E-state index is 0.128. The van der Waals surface area contributed by atoms with E-state index >= 15 is 0 Å². The van der Waals surface area contributed by atoms with Crippen LogP contribution in [0.15, 0.2) is 30.5 Å².